The van der Waals surface area contributed by atoms with E-state index in [9.17, 15) is 13.2 Å². The van der Waals surface area contributed by atoms with Gasteiger partial charge in [0, 0.05) is 18.2 Å². The van der Waals surface area contributed by atoms with Crippen LogP contribution in [0.1, 0.15) is 23.7 Å². The molecule has 1 aromatic carbocycles. The molecular weight excluding hydrogens is 342 g/mol. The molecule has 0 saturated carbocycles. The van der Waals surface area contributed by atoms with Crippen LogP contribution in [0.15, 0.2) is 12.1 Å². The van der Waals surface area contributed by atoms with Gasteiger partial charge in [-0.3, -0.25) is 4.79 Å². The molecule has 1 aromatic rings. The molecule has 2 aliphatic rings. The van der Waals surface area contributed by atoms with Crippen LogP contribution >= 0.6 is 11.6 Å². The van der Waals surface area contributed by atoms with Gasteiger partial charge in [0.05, 0.1) is 16.5 Å². The van der Waals surface area contributed by atoms with Crippen molar-refractivity contribution in [1.82, 2.24) is 4.90 Å². The lowest BCUT2D eigenvalue weighted by molar-refractivity contribution is 0.0707. The van der Waals surface area contributed by atoms with Gasteiger partial charge in [0.25, 0.3) is 5.91 Å². The highest BCUT2D eigenvalue weighted by Crippen LogP contribution is 2.38. The number of nitrogens with zero attached hydrogens (tertiary/aromatic N) is 1. The van der Waals surface area contributed by atoms with E-state index in [1.165, 1.54) is 0 Å². The fourth-order valence-electron chi connectivity index (χ4n) is 2.99. The number of hydrogen-bond acceptors (Lipinski definition) is 5. The molecule has 0 aromatic heterocycles. The van der Waals surface area contributed by atoms with Gasteiger partial charge in [-0.05, 0) is 25.5 Å². The second-order valence-electron chi connectivity index (χ2n) is 5.63. The van der Waals surface area contributed by atoms with Crippen LogP contribution in [-0.2, 0) is 9.84 Å². The molecule has 23 heavy (non-hydrogen) atoms. The smallest absolute Gasteiger partial charge is 0.254 e. The lowest BCUT2D eigenvalue weighted by atomic mass is 10.1. The highest BCUT2D eigenvalue weighted by molar-refractivity contribution is 7.91. The predicted molar refractivity (Wildman–Crippen MR) is 86.2 cm³/mol. The maximum Gasteiger partial charge on any atom is 0.254 e. The van der Waals surface area contributed by atoms with E-state index in [0.29, 0.717) is 48.3 Å². The summed E-state index contributed by atoms with van der Waals surface area (Å²) in [5.74, 6) is 0.797. The first-order valence-electron chi connectivity index (χ1n) is 7.52. The second kappa shape index (κ2) is 6.20. The third-order valence-corrected chi connectivity index (χ3v) is 6.13. The minimum absolute atomic E-state index is 0.0187. The van der Waals surface area contributed by atoms with E-state index in [-0.39, 0.29) is 23.5 Å². The molecule has 2 aliphatic heterocycles. The number of amides is 1. The summed E-state index contributed by atoms with van der Waals surface area (Å²) in [6, 6.07) is 2.86. The largest absolute Gasteiger partial charge is 0.486 e. The quantitative estimate of drug-likeness (QED) is 0.822. The number of ether oxygens (including phenoxy) is 2. The van der Waals surface area contributed by atoms with E-state index in [4.69, 9.17) is 21.1 Å². The van der Waals surface area contributed by atoms with E-state index < -0.39 is 9.84 Å². The Hall–Kier alpha value is -1.47. The molecule has 0 spiro atoms. The van der Waals surface area contributed by atoms with Crippen LogP contribution in [0.5, 0.6) is 11.5 Å². The second-order valence-corrected chi connectivity index (χ2v) is 8.27. The van der Waals surface area contributed by atoms with Gasteiger partial charge in [0.15, 0.2) is 21.3 Å². The number of fused-ring (bicyclic) bond motifs is 1. The van der Waals surface area contributed by atoms with Crippen LogP contribution in [-0.4, -0.2) is 56.5 Å². The number of halogens is 1. The third-order valence-electron chi connectivity index (χ3n) is 4.09. The number of carbonyl (C=O) groups excluding carboxylic acids is 1. The van der Waals surface area contributed by atoms with Crippen molar-refractivity contribution in [2.75, 3.05) is 31.3 Å². The molecule has 8 heteroatoms. The molecule has 0 radical (unpaired) electrons. The van der Waals surface area contributed by atoms with Gasteiger partial charge in [-0.2, -0.15) is 0 Å². The summed E-state index contributed by atoms with van der Waals surface area (Å²) >= 11 is 6.17. The summed E-state index contributed by atoms with van der Waals surface area (Å²) in [5, 5.41) is 0.320. The molecule has 1 amide bonds. The molecule has 1 atom stereocenters. The van der Waals surface area contributed by atoms with Crippen molar-refractivity contribution >= 4 is 27.3 Å². The lowest BCUT2D eigenvalue weighted by Crippen LogP contribution is -2.41. The van der Waals surface area contributed by atoms with Crippen LogP contribution in [0, 0.1) is 0 Å². The fraction of sp³-hybridized carbons (Fsp3) is 0.533. The Bertz CT molecular complexity index is 734. The van der Waals surface area contributed by atoms with Crippen LogP contribution < -0.4 is 9.47 Å². The summed E-state index contributed by atoms with van der Waals surface area (Å²) in [7, 11) is -3.05. The van der Waals surface area contributed by atoms with Gasteiger partial charge in [0.2, 0.25) is 0 Å². The first-order chi connectivity index (χ1) is 10.9. The summed E-state index contributed by atoms with van der Waals surface area (Å²) in [6.07, 6.45) is 0.472. The van der Waals surface area contributed by atoms with Crippen molar-refractivity contribution in [3.8, 4) is 11.5 Å². The highest BCUT2D eigenvalue weighted by atomic mass is 35.5. The van der Waals surface area contributed by atoms with Crippen molar-refractivity contribution in [1.29, 1.82) is 0 Å². The van der Waals surface area contributed by atoms with Crippen LogP contribution in [0.2, 0.25) is 5.02 Å². The molecule has 0 aliphatic carbocycles. The zero-order chi connectivity index (χ0) is 16.6. The molecule has 2 heterocycles. The van der Waals surface area contributed by atoms with E-state index in [0.717, 1.165) is 0 Å². The van der Waals surface area contributed by atoms with Gasteiger partial charge >= 0.3 is 0 Å². The maximum atomic E-state index is 12.8. The predicted octanol–water partition coefficient (Wildman–Crippen LogP) is 1.76. The van der Waals surface area contributed by atoms with Crippen molar-refractivity contribution in [3.05, 3.63) is 22.7 Å². The summed E-state index contributed by atoms with van der Waals surface area (Å²) in [5.41, 5.74) is 0.380. The Balaban J connectivity index is 1.88. The lowest BCUT2D eigenvalue weighted by Gasteiger charge is -2.28. The van der Waals surface area contributed by atoms with Crippen LogP contribution in [0.3, 0.4) is 0 Å². The monoisotopic (exact) mass is 359 g/mol. The molecule has 126 valence electrons. The summed E-state index contributed by atoms with van der Waals surface area (Å²) in [6.45, 7) is 3.09. The third kappa shape index (κ3) is 3.26. The Labute approximate surface area is 140 Å². The van der Waals surface area contributed by atoms with Gasteiger partial charge < -0.3 is 14.4 Å². The topological polar surface area (TPSA) is 72.9 Å². The Morgan fingerprint density at radius 2 is 2.09 bits per heavy atom. The minimum Gasteiger partial charge on any atom is -0.486 e. The number of benzene rings is 1. The van der Waals surface area contributed by atoms with E-state index in [1.54, 1.807) is 17.0 Å². The fourth-order valence-corrected chi connectivity index (χ4v) is 4.98. The summed E-state index contributed by atoms with van der Waals surface area (Å²) in [4.78, 5) is 14.4. The zero-order valence-electron chi connectivity index (χ0n) is 12.7. The normalized spacial score (nSPS) is 21.9. The van der Waals surface area contributed by atoms with Gasteiger partial charge in [-0.15, -0.1) is 0 Å². The van der Waals surface area contributed by atoms with Gasteiger partial charge in [0.1, 0.15) is 13.2 Å². The molecule has 6 nitrogen and oxygen atoms in total. The molecule has 1 saturated heterocycles. The zero-order valence-corrected chi connectivity index (χ0v) is 14.3. The van der Waals surface area contributed by atoms with E-state index >= 15 is 0 Å². The van der Waals surface area contributed by atoms with Gasteiger partial charge in [-0.1, -0.05) is 11.6 Å². The molecule has 0 unspecified atom stereocenters. The SMILES string of the molecule is CCN(C(=O)c1cc(Cl)c2c(c1)OCCO2)[C@@H]1CCS(=O)(=O)C1. The summed E-state index contributed by atoms with van der Waals surface area (Å²) < 4.78 is 34.3. The Kier molecular flexibility index (Phi) is 4.42. The Morgan fingerprint density at radius 3 is 2.74 bits per heavy atom. The van der Waals surface area contributed by atoms with Crippen molar-refractivity contribution < 1.29 is 22.7 Å². The molecule has 0 N–H and O–H groups in total. The van der Waals surface area contributed by atoms with Gasteiger partial charge in [-0.25, -0.2) is 8.42 Å². The number of sulfone groups is 1. The molecule has 0 bridgehead atoms. The first kappa shape index (κ1) is 16.4. The standard InChI is InChI=1S/C15H18ClNO5S/c1-2-17(11-3-6-23(19,20)9-11)15(18)10-7-12(16)14-13(8-10)21-4-5-22-14/h7-8,11H,2-6,9H2,1H3/t11-/m1/s1. The van der Waals surface area contributed by atoms with E-state index in [2.05, 4.69) is 0 Å². The van der Waals surface area contributed by atoms with Crippen LogP contribution in [0.25, 0.3) is 0 Å². The molecule has 3 rings (SSSR count). The Morgan fingerprint density at radius 1 is 1.35 bits per heavy atom. The van der Waals surface area contributed by atoms with Crippen molar-refractivity contribution in [2.24, 2.45) is 0 Å². The number of carbonyl (C=O) groups is 1. The molecule has 1 fully saturated rings. The molecular formula is C15H18ClNO5S. The minimum atomic E-state index is -3.05. The average molecular weight is 360 g/mol. The average Bonchev–Trinajstić information content (AvgIpc) is 2.87. The first-order valence-corrected chi connectivity index (χ1v) is 9.72. The van der Waals surface area contributed by atoms with E-state index in [1.807, 2.05) is 6.92 Å². The number of hydrogen-bond donors (Lipinski definition) is 0. The highest BCUT2D eigenvalue weighted by Gasteiger charge is 2.34. The van der Waals surface area contributed by atoms with Crippen molar-refractivity contribution in [2.45, 2.75) is 19.4 Å². The number of rotatable bonds is 3. The van der Waals surface area contributed by atoms with Crippen LogP contribution in [0.4, 0.5) is 0 Å². The van der Waals surface area contributed by atoms with Crippen molar-refractivity contribution in [3.63, 3.8) is 0 Å². The maximum absolute atomic E-state index is 12.8.